The second kappa shape index (κ2) is 11.5. The molecular weight excluding hydrogens is 156 g/mol. The minimum absolute atomic E-state index is 1.26. The van der Waals surface area contributed by atoms with Crippen LogP contribution in [0.2, 0.25) is 0 Å². The van der Waals surface area contributed by atoms with Crippen LogP contribution in [0.4, 0.5) is 0 Å². The standard InChI is InChI=1S/C11H20.C2H6/c1-5-7-9-11(4)10(3)8-6-2;1-2/h6,8H,5,7,9H2,1-4H3;1-2H3/b8-6-,11-10+;. The molecular formula is C13H26. The average molecular weight is 182 g/mol. The van der Waals surface area contributed by atoms with E-state index in [-0.39, 0.29) is 0 Å². The maximum atomic E-state index is 2.23. The molecule has 0 heterocycles. The van der Waals surface area contributed by atoms with E-state index in [1.165, 1.54) is 30.4 Å². The first-order valence-corrected chi connectivity index (χ1v) is 5.51. The monoisotopic (exact) mass is 182 g/mol. The van der Waals surface area contributed by atoms with Crippen molar-refractivity contribution in [3.05, 3.63) is 23.3 Å². The van der Waals surface area contributed by atoms with Crippen LogP contribution in [-0.2, 0) is 0 Å². The molecule has 0 bridgehead atoms. The zero-order valence-corrected chi connectivity index (χ0v) is 10.3. The molecule has 0 N–H and O–H groups in total. The van der Waals surface area contributed by atoms with Crippen molar-refractivity contribution in [2.24, 2.45) is 0 Å². The Hall–Kier alpha value is -0.520. The summed E-state index contributed by atoms with van der Waals surface area (Å²) < 4.78 is 0. The van der Waals surface area contributed by atoms with Crippen LogP contribution in [-0.4, -0.2) is 0 Å². The average Bonchev–Trinajstić information content (AvgIpc) is 2.17. The van der Waals surface area contributed by atoms with Crippen molar-refractivity contribution in [1.29, 1.82) is 0 Å². The molecule has 13 heavy (non-hydrogen) atoms. The zero-order chi connectivity index (χ0) is 10.7. The summed E-state index contributed by atoms with van der Waals surface area (Å²) in [5.74, 6) is 0. The Morgan fingerprint density at radius 1 is 1.15 bits per heavy atom. The summed E-state index contributed by atoms with van der Waals surface area (Å²) >= 11 is 0. The van der Waals surface area contributed by atoms with Gasteiger partial charge in [0, 0.05) is 0 Å². The molecule has 0 fully saturated rings. The number of allylic oxidation sites excluding steroid dienone is 4. The summed E-state index contributed by atoms with van der Waals surface area (Å²) in [5.41, 5.74) is 2.96. The minimum atomic E-state index is 1.26. The molecule has 0 aliphatic carbocycles. The van der Waals surface area contributed by atoms with Crippen LogP contribution in [0.3, 0.4) is 0 Å². The van der Waals surface area contributed by atoms with Crippen molar-refractivity contribution < 1.29 is 0 Å². The minimum Gasteiger partial charge on any atom is -0.0874 e. The van der Waals surface area contributed by atoms with Gasteiger partial charge in [0.25, 0.3) is 0 Å². The topological polar surface area (TPSA) is 0 Å². The molecule has 78 valence electrons. The van der Waals surface area contributed by atoms with Gasteiger partial charge in [-0.15, -0.1) is 0 Å². The van der Waals surface area contributed by atoms with E-state index in [0.717, 1.165) is 0 Å². The summed E-state index contributed by atoms with van der Waals surface area (Å²) in [6, 6.07) is 0. The highest BCUT2D eigenvalue weighted by Gasteiger charge is 1.91. The smallest absolute Gasteiger partial charge is 0.0317 e. The van der Waals surface area contributed by atoms with Crippen LogP contribution < -0.4 is 0 Å². The van der Waals surface area contributed by atoms with E-state index in [4.69, 9.17) is 0 Å². The molecule has 0 heteroatoms. The summed E-state index contributed by atoms with van der Waals surface area (Å²) in [7, 11) is 0. The van der Waals surface area contributed by atoms with Gasteiger partial charge in [-0.25, -0.2) is 0 Å². The van der Waals surface area contributed by atoms with Gasteiger partial charge in [-0.2, -0.15) is 0 Å². The molecule has 0 aromatic rings. The van der Waals surface area contributed by atoms with E-state index in [0.29, 0.717) is 0 Å². The highest BCUT2D eigenvalue weighted by Crippen LogP contribution is 2.12. The van der Waals surface area contributed by atoms with E-state index in [9.17, 15) is 0 Å². The molecule has 0 saturated heterocycles. The van der Waals surface area contributed by atoms with Crippen molar-refractivity contribution in [1.82, 2.24) is 0 Å². The predicted molar refractivity (Wildman–Crippen MR) is 64.1 cm³/mol. The Labute approximate surface area is 84.7 Å². The fraction of sp³-hybridized carbons (Fsp3) is 0.692. The molecule has 0 rings (SSSR count). The van der Waals surface area contributed by atoms with E-state index in [2.05, 4.69) is 39.8 Å². The highest BCUT2D eigenvalue weighted by atomic mass is 14.0. The second-order valence-corrected chi connectivity index (χ2v) is 3.07. The van der Waals surface area contributed by atoms with Gasteiger partial charge in [0.05, 0.1) is 0 Å². The SMILES string of the molecule is C/C=C\C(C)=C(/C)CCCC.CC. The molecule has 0 radical (unpaired) electrons. The molecule has 0 saturated carbocycles. The summed E-state index contributed by atoms with van der Waals surface area (Å²) in [6.07, 6.45) is 8.16. The van der Waals surface area contributed by atoms with E-state index in [1.54, 1.807) is 0 Å². The second-order valence-electron chi connectivity index (χ2n) is 3.07. The Kier molecular flexibility index (Phi) is 13.2. The summed E-state index contributed by atoms with van der Waals surface area (Å²) in [6.45, 7) is 12.7. The fourth-order valence-electron chi connectivity index (χ4n) is 1.03. The van der Waals surface area contributed by atoms with Gasteiger partial charge in [-0.05, 0) is 33.6 Å². The molecule has 0 amide bonds. The lowest BCUT2D eigenvalue weighted by Gasteiger charge is -2.01. The maximum absolute atomic E-state index is 2.23. The molecule has 0 aliphatic rings. The normalized spacial score (nSPS) is 12.2. The first-order valence-electron chi connectivity index (χ1n) is 5.51. The Bertz CT molecular complexity index is 149. The largest absolute Gasteiger partial charge is 0.0874 e. The molecule has 0 nitrogen and oxygen atoms in total. The lowest BCUT2D eigenvalue weighted by atomic mass is 10.1. The third kappa shape index (κ3) is 9.39. The van der Waals surface area contributed by atoms with Gasteiger partial charge in [0.15, 0.2) is 0 Å². The van der Waals surface area contributed by atoms with Crippen LogP contribution in [0.5, 0.6) is 0 Å². The van der Waals surface area contributed by atoms with Crippen LogP contribution in [0, 0.1) is 0 Å². The number of hydrogen-bond acceptors (Lipinski definition) is 0. The lowest BCUT2D eigenvalue weighted by Crippen LogP contribution is -1.81. The van der Waals surface area contributed by atoms with Crippen molar-refractivity contribution in [2.45, 2.75) is 60.8 Å². The van der Waals surface area contributed by atoms with Crippen molar-refractivity contribution in [2.75, 3.05) is 0 Å². The molecule has 0 aromatic heterocycles. The third-order valence-electron chi connectivity index (χ3n) is 2.00. The van der Waals surface area contributed by atoms with Crippen molar-refractivity contribution >= 4 is 0 Å². The van der Waals surface area contributed by atoms with Gasteiger partial charge in [-0.1, -0.05) is 50.5 Å². The molecule has 0 aromatic carbocycles. The first kappa shape index (κ1) is 15.0. The van der Waals surface area contributed by atoms with Crippen LogP contribution >= 0.6 is 0 Å². The quantitative estimate of drug-likeness (QED) is 0.530. The Morgan fingerprint density at radius 3 is 2.08 bits per heavy atom. The maximum Gasteiger partial charge on any atom is -0.0317 e. The first-order chi connectivity index (χ1) is 6.22. The molecule has 0 spiro atoms. The van der Waals surface area contributed by atoms with Crippen molar-refractivity contribution in [3.8, 4) is 0 Å². The Balaban J connectivity index is 0. The van der Waals surface area contributed by atoms with E-state index in [1.807, 2.05) is 13.8 Å². The Morgan fingerprint density at radius 2 is 1.69 bits per heavy atom. The van der Waals surface area contributed by atoms with Gasteiger partial charge in [0.1, 0.15) is 0 Å². The van der Waals surface area contributed by atoms with Gasteiger partial charge in [-0.3, -0.25) is 0 Å². The fourth-order valence-corrected chi connectivity index (χ4v) is 1.03. The van der Waals surface area contributed by atoms with Crippen LogP contribution in [0.15, 0.2) is 23.3 Å². The van der Waals surface area contributed by atoms with E-state index < -0.39 is 0 Å². The predicted octanol–water partition coefficient (Wildman–Crippen LogP) is 5.12. The third-order valence-corrected chi connectivity index (χ3v) is 2.00. The summed E-state index contributed by atoms with van der Waals surface area (Å²) in [4.78, 5) is 0. The number of hydrogen-bond donors (Lipinski definition) is 0. The molecule has 0 unspecified atom stereocenters. The van der Waals surface area contributed by atoms with Crippen LogP contribution in [0.25, 0.3) is 0 Å². The number of unbranched alkanes of at least 4 members (excludes halogenated alkanes) is 1. The van der Waals surface area contributed by atoms with Gasteiger partial charge < -0.3 is 0 Å². The summed E-state index contributed by atoms with van der Waals surface area (Å²) in [5, 5.41) is 0. The highest BCUT2D eigenvalue weighted by molar-refractivity contribution is 5.21. The van der Waals surface area contributed by atoms with Crippen molar-refractivity contribution in [3.63, 3.8) is 0 Å². The van der Waals surface area contributed by atoms with Crippen LogP contribution in [0.1, 0.15) is 60.8 Å². The van der Waals surface area contributed by atoms with Gasteiger partial charge >= 0.3 is 0 Å². The molecule has 0 atom stereocenters. The van der Waals surface area contributed by atoms with E-state index >= 15 is 0 Å². The lowest BCUT2D eigenvalue weighted by molar-refractivity contribution is 0.783. The zero-order valence-electron chi connectivity index (χ0n) is 10.3. The number of rotatable bonds is 4. The molecule has 0 aliphatic heterocycles. The van der Waals surface area contributed by atoms with Gasteiger partial charge in [0.2, 0.25) is 0 Å².